The van der Waals surface area contributed by atoms with E-state index in [1.54, 1.807) is 7.11 Å². The van der Waals surface area contributed by atoms with Gasteiger partial charge < -0.3 is 19.9 Å². The molecule has 1 aromatic heterocycles. The Morgan fingerprint density at radius 2 is 2.21 bits per heavy atom. The van der Waals surface area contributed by atoms with Gasteiger partial charge in [-0.1, -0.05) is 6.92 Å². The molecule has 1 atom stereocenters. The molecule has 0 spiro atoms. The molecule has 0 unspecified atom stereocenters. The van der Waals surface area contributed by atoms with Crippen LogP contribution >= 0.6 is 0 Å². The van der Waals surface area contributed by atoms with Crippen molar-refractivity contribution < 1.29 is 9.53 Å². The zero-order valence-electron chi connectivity index (χ0n) is 16.9. The number of hydrogen-bond acceptors (Lipinski definition) is 4. The lowest BCUT2D eigenvalue weighted by molar-refractivity contribution is -0.121. The number of likely N-dealkylation sites (tertiary alicyclic amines) is 1. The highest BCUT2D eigenvalue weighted by atomic mass is 16.5. The molecule has 152 valence electrons. The maximum absolute atomic E-state index is 12.2. The van der Waals surface area contributed by atoms with Gasteiger partial charge in [0, 0.05) is 36.0 Å². The number of aromatic nitrogens is 1. The van der Waals surface area contributed by atoms with Gasteiger partial charge in [-0.25, -0.2) is 0 Å². The third kappa shape index (κ3) is 5.58. The van der Waals surface area contributed by atoms with Crippen LogP contribution in [0.3, 0.4) is 0 Å². The maximum atomic E-state index is 12.2. The van der Waals surface area contributed by atoms with Gasteiger partial charge in [-0.05, 0) is 69.0 Å². The molecule has 1 aliphatic rings. The van der Waals surface area contributed by atoms with E-state index in [9.17, 15) is 9.59 Å². The summed E-state index contributed by atoms with van der Waals surface area (Å²) in [6.07, 6.45) is 4.32. The molecule has 28 heavy (non-hydrogen) atoms. The number of fused-ring (bicyclic) bond motifs is 1. The summed E-state index contributed by atoms with van der Waals surface area (Å²) in [4.78, 5) is 29.7. The zero-order valence-corrected chi connectivity index (χ0v) is 16.9. The van der Waals surface area contributed by atoms with E-state index in [1.807, 2.05) is 24.3 Å². The standard InChI is InChI=1S/C22H31N3O3/c1-16-5-3-11-25(15-16)12-4-10-23-21(26)9-6-17-13-18-14-19(28-2)7-8-20(18)24-22(17)27/h7-8,13-14,16H,3-6,9-12,15H2,1-2H3,(H,23,26)(H,24,27)/t16-/m1/s1. The predicted octanol–water partition coefficient (Wildman–Crippen LogP) is 2.71. The summed E-state index contributed by atoms with van der Waals surface area (Å²) in [5.74, 6) is 1.52. The van der Waals surface area contributed by atoms with Crippen LogP contribution in [-0.4, -0.2) is 49.1 Å². The number of aromatic amines is 1. The quantitative estimate of drug-likeness (QED) is 0.685. The van der Waals surface area contributed by atoms with E-state index in [2.05, 4.69) is 22.1 Å². The maximum Gasteiger partial charge on any atom is 0.251 e. The first-order valence-electron chi connectivity index (χ1n) is 10.2. The van der Waals surface area contributed by atoms with Crippen LogP contribution in [-0.2, 0) is 11.2 Å². The molecule has 0 radical (unpaired) electrons. The normalized spacial score (nSPS) is 17.6. The highest BCUT2D eigenvalue weighted by Crippen LogP contribution is 2.19. The lowest BCUT2D eigenvalue weighted by Crippen LogP contribution is -2.36. The molecule has 2 N–H and O–H groups in total. The van der Waals surface area contributed by atoms with Crippen molar-refractivity contribution in [2.45, 2.75) is 39.0 Å². The van der Waals surface area contributed by atoms with Crippen molar-refractivity contribution in [1.82, 2.24) is 15.2 Å². The fraction of sp³-hybridized carbons (Fsp3) is 0.545. The van der Waals surface area contributed by atoms with E-state index >= 15 is 0 Å². The number of benzene rings is 1. The fourth-order valence-corrected chi connectivity index (χ4v) is 3.90. The van der Waals surface area contributed by atoms with Gasteiger partial charge in [0.2, 0.25) is 5.91 Å². The van der Waals surface area contributed by atoms with Crippen LogP contribution in [0, 0.1) is 5.92 Å². The van der Waals surface area contributed by atoms with E-state index in [-0.39, 0.29) is 11.5 Å². The molecule has 2 aromatic rings. The average Bonchev–Trinajstić information content (AvgIpc) is 2.69. The van der Waals surface area contributed by atoms with Crippen LogP contribution in [0.5, 0.6) is 5.75 Å². The van der Waals surface area contributed by atoms with E-state index in [4.69, 9.17) is 4.74 Å². The highest BCUT2D eigenvalue weighted by molar-refractivity contribution is 5.81. The van der Waals surface area contributed by atoms with Gasteiger partial charge in [0.05, 0.1) is 7.11 Å². The summed E-state index contributed by atoms with van der Waals surface area (Å²) in [5.41, 5.74) is 1.26. The van der Waals surface area contributed by atoms with Crippen molar-refractivity contribution in [3.63, 3.8) is 0 Å². The first-order valence-corrected chi connectivity index (χ1v) is 10.2. The third-order valence-corrected chi connectivity index (χ3v) is 5.46. The van der Waals surface area contributed by atoms with E-state index in [0.29, 0.717) is 24.9 Å². The van der Waals surface area contributed by atoms with Crippen molar-refractivity contribution in [3.05, 3.63) is 40.2 Å². The lowest BCUT2D eigenvalue weighted by Gasteiger charge is -2.30. The molecular formula is C22H31N3O3. The summed E-state index contributed by atoms with van der Waals surface area (Å²) in [7, 11) is 1.62. The van der Waals surface area contributed by atoms with Gasteiger partial charge in [0.25, 0.3) is 5.56 Å². The van der Waals surface area contributed by atoms with Gasteiger partial charge in [-0.15, -0.1) is 0 Å². The van der Waals surface area contributed by atoms with Crippen LogP contribution in [0.2, 0.25) is 0 Å². The molecule has 0 aliphatic carbocycles. The number of H-pyrrole nitrogens is 1. The summed E-state index contributed by atoms with van der Waals surface area (Å²) in [6, 6.07) is 7.38. The second kappa shape index (κ2) is 9.73. The zero-order chi connectivity index (χ0) is 19.9. The molecule has 1 fully saturated rings. The number of rotatable bonds is 8. The fourth-order valence-electron chi connectivity index (χ4n) is 3.90. The number of hydrogen-bond donors (Lipinski definition) is 2. The Morgan fingerprint density at radius 3 is 3.00 bits per heavy atom. The summed E-state index contributed by atoms with van der Waals surface area (Å²) in [5, 5.41) is 3.89. The second-order valence-electron chi connectivity index (χ2n) is 7.83. The largest absolute Gasteiger partial charge is 0.497 e. The van der Waals surface area contributed by atoms with Crippen LogP contribution in [0.1, 0.15) is 38.2 Å². The third-order valence-electron chi connectivity index (χ3n) is 5.46. The Hall–Kier alpha value is -2.34. The first-order chi connectivity index (χ1) is 13.5. The van der Waals surface area contributed by atoms with Gasteiger partial charge in [-0.2, -0.15) is 0 Å². The van der Waals surface area contributed by atoms with Crippen molar-refractivity contribution in [1.29, 1.82) is 0 Å². The Labute approximate surface area is 166 Å². The molecule has 1 amide bonds. The topological polar surface area (TPSA) is 74.4 Å². The minimum Gasteiger partial charge on any atom is -0.497 e. The van der Waals surface area contributed by atoms with Crippen LogP contribution in [0.25, 0.3) is 10.9 Å². The van der Waals surface area contributed by atoms with Crippen molar-refractivity contribution in [2.75, 3.05) is 33.3 Å². The first kappa shape index (κ1) is 20.4. The van der Waals surface area contributed by atoms with Gasteiger partial charge in [0.1, 0.15) is 5.75 Å². The second-order valence-corrected chi connectivity index (χ2v) is 7.83. The molecule has 1 aliphatic heterocycles. The minimum absolute atomic E-state index is 0.00264. The molecule has 3 rings (SSSR count). The van der Waals surface area contributed by atoms with E-state index in [1.165, 1.54) is 25.9 Å². The number of pyridine rings is 1. The SMILES string of the molecule is COc1ccc2[nH]c(=O)c(CCC(=O)NCCCN3CCC[C@@H](C)C3)cc2c1. The van der Waals surface area contributed by atoms with Gasteiger partial charge in [-0.3, -0.25) is 9.59 Å². The smallest absolute Gasteiger partial charge is 0.251 e. The van der Waals surface area contributed by atoms with Crippen molar-refractivity contribution >= 4 is 16.8 Å². The highest BCUT2D eigenvalue weighted by Gasteiger charge is 2.15. The van der Waals surface area contributed by atoms with E-state index in [0.717, 1.165) is 35.5 Å². The van der Waals surface area contributed by atoms with Gasteiger partial charge >= 0.3 is 0 Å². The number of ether oxygens (including phenoxy) is 1. The molecule has 1 saturated heterocycles. The Bertz CT molecular complexity index is 862. The van der Waals surface area contributed by atoms with E-state index < -0.39 is 0 Å². The number of carbonyl (C=O) groups excluding carboxylic acids is 1. The number of methoxy groups -OCH3 is 1. The van der Waals surface area contributed by atoms with Crippen molar-refractivity contribution in [3.8, 4) is 5.75 Å². The predicted molar refractivity (Wildman–Crippen MR) is 112 cm³/mol. The Kier molecular flexibility index (Phi) is 7.09. The molecule has 6 nitrogen and oxygen atoms in total. The molecule has 0 bridgehead atoms. The lowest BCUT2D eigenvalue weighted by atomic mass is 10.0. The summed E-state index contributed by atoms with van der Waals surface area (Å²) >= 11 is 0. The Balaban J connectivity index is 1.45. The summed E-state index contributed by atoms with van der Waals surface area (Å²) < 4.78 is 5.24. The summed E-state index contributed by atoms with van der Waals surface area (Å²) in [6.45, 7) is 6.38. The molecule has 2 heterocycles. The molecule has 6 heteroatoms. The number of carbonyl (C=O) groups is 1. The molecular weight excluding hydrogens is 354 g/mol. The number of piperidine rings is 1. The number of nitrogens with zero attached hydrogens (tertiary/aromatic N) is 1. The Morgan fingerprint density at radius 1 is 1.36 bits per heavy atom. The monoisotopic (exact) mass is 385 g/mol. The number of nitrogens with one attached hydrogen (secondary N) is 2. The van der Waals surface area contributed by atoms with Crippen LogP contribution < -0.4 is 15.6 Å². The van der Waals surface area contributed by atoms with Crippen LogP contribution in [0.4, 0.5) is 0 Å². The number of aryl methyl sites for hydroxylation is 1. The van der Waals surface area contributed by atoms with Crippen molar-refractivity contribution in [2.24, 2.45) is 5.92 Å². The number of amides is 1. The van der Waals surface area contributed by atoms with Crippen LogP contribution in [0.15, 0.2) is 29.1 Å². The molecule has 1 aromatic carbocycles. The van der Waals surface area contributed by atoms with Gasteiger partial charge in [0.15, 0.2) is 0 Å². The average molecular weight is 386 g/mol. The molecule has 0 saturated carbocycles. The minimum atomic E-state index is -0.135.